The Hall–Kier alpha value is -1.88. The summed E-state index contributed by atoms with van der Waals surface area (Å²) in [5.41, 5.74) is 0.982. The molecule has 1 aromatic rings. The monoisotopic (exact) mass is 547 g/mol. The largest absolute Gasteiger partial charge is 0.414 e. The SMILES string of the molecule is CC(N[C@H]1[C@@H](OCc2ccccc2)O[C@H](CO[Si](C)(C)C(C)(C)C)[C@@H](O)[C@@H]1O)=C1C(=O)CC(C)(C)CC1=O. The van der Waals surface area contributed by atoms with Crippen molar-refractivity contribution in [2.24, 2.45) is 5.41 Å². The molecule has 5 atom stereocenters. The van der Waals surface area contributed by atoms with E-state index in [1.807, 2.05) is 44.2 Å². The molecule has 9 heteroatoms. The quantitative estimate of drug-likeness (QED) is 0.255. The third kappa shape index (κ3) is 7.19. The van der Waals surface area contributed by atoms with Gasteiger partial charge in [-0.2, -0.15) is 0 Å². The average Bonchev–Trinajstić information content (AvgIpc) is 2.79. The Morgan fingerprint density at radius 2 is 1.66 bits per heavy atom. The lowest BCUT2D eigenvalue weighted by Gasteiger charge is -2.45. The number of Topliss-reactive ketones (excluding diaryl/α,β-unsaturated/α-hetero) is 2. The summed E-state index contributed by atoms with van der Waals surface area (Å²) in [6, 6.07) is 8.64. The van der Waals surface area contributed by atoms with E-state index in [1.165, 1.54) is 0 Å². The summed E-state index contributed by atoms with van der Waals surface area (Å²) in [4.78, 5) is 25.7. The molecule has 1 aliphatic heterocycles. The normalized spacial score (nSPS) is 28.4. The van der Waals surface area contributed by atoms with Crippen LogP contribution >= 0.6 is 0 Å². The molecule has 1 aliphatic carbocycles. The molecule has 3 rings (SSSR count). The van der Waals surface area contributed by atoms with Gasteiger partial charge in [0.25, 0.3) is 0 Å². The molecule has 0 amide bonds. The zero-order valence-corrected chi connectivity index (χ0v) is 25.0. The summed E-state index contributed by atoms with van der Waals surface area (Å²) < 4.78 is 18.6. The topological polar surface area (TPSA) is 114 Å². The molecule has 3 N–H and O–H groups in total. The van der Waals surface area contributed by atoms with Crippen LogP contribution in [0.5, 0.6) is 0 Å². The molecule has 8 nitrogen and oxygen atoms in total. The molecule has 212 valence electrons. The van der Waals surface area contributed by atoms with Gasteiger partial charge >= 0.3 is 0 Å². The van der Waals surface area contributed by atoms with E-state index in [0.717, 1.165) is 5.56 Å². The highest BCUT2D eigenvalue weighted by Gasteiger charge is 2.47. The Morgan fingerprint density at radius 1 is 1.08 bits per heavy atom. The van der Waals surface area contributed by atoms with Gasteiger partial charge in [0.15, 0.2) is 26.2 Å². The fourth-order valence-corrected chi connectivity index (χ4v) is 5.64. The van der Waals surface area contributed by atoms with E-state index in [0.29, 0.717) is 5.70 Å². The van der Waals surface area contributed by atoms with E-state index in [2.05, 4.69) is 39.2 Å². The second kappa shape index (κ2) is 11.7. The molecule has 0 aromatic heterocycles. The molecule has 2 aliphatic rings. The first kappa shape index (κ1) is 30.7. The third-order valence-electron chi connectivity index (χ3n) is 7.97. The van der Waals surface area contributed by atoms with Gasteiger partial charge in [0.05, 0.1) is 18.8 Å². The summed E-state index contributed by atoms with van der Waals surface area (Å²) in [7, 11) is -2.14. The smallest absolute Gasteiger partial charge is 0.192 e. The van der Waals surface area contributed by atoms with E-state index in [1.54, 1.807) is 6.92 Å². The third-order valence-corrected chi connectivity index (χ3v) is 12.5. The molecule has 38 heavy (non-hydrogen) atoms. The molecule has 0 radical (unpaired) electrons. The van der Waals surface area contributed by atoms with Crippen molar-refractivity contribution in [2.75, 3.05) is 6.61 Å². The number of ether oxygens (including phenoxy) is 2. The van der Waals surface area contributed by atoms with Gasteiger partial charge in [-0.05, 0) is 36.0 Å². The van der Waals surface area contributed by atoms with Crippen molar-refractivity contribution in [2.45, 2.75) is 110 Å². The summed E-state index contributed by atoms with van der Waals surface area (Å²) in [5, 5.41) is 25.3. The van der Waals surface area contributed by atoms with Crippen LogP contribution in [0.2, 0.25) is 18.1 Å². The Labute approximate surface area is 227 Å². The highest BCUT2D eigenvalue weighted by molar-refractivity contribution is 6.74. The number of carbonyl (C=O) groups excluding carboxylic acids is 2. The van der Waals surface area contributed by atoms with Crippen molar-refractivity contribution in [1.82, 2.24) is 5.32 Å². The number of aliphatic hydroxyl groups excluding tert-OH is 2. The average molecular weight is 548 g/mol. The fourth-order valence-electron chi connectivity index (χ4n) is 4.63. The van der Waals surface area contributed by atoms with Crippen LogP contribution in [0.25, 0.3) is 0 Å². The first-order valence-corrected chi connectivity index (χ1v) is 16.3. The molecule has 2 fully saturated rings. The van der Waals surface area contributed by atoms with Crippen LogP contribution in [0.4, 0.5) is 0 Å². The minimum atomic E-state index is -2.14. The van der Waals surface area contributed by atoms with Crippen molar-refractivity contribution in [3.8, 4) is 0 Å². The number of allylic oxidation sites excluding steroid dienone is 2. The summed E-state index contributed by atoms with van der Waals surface area (Å²) in [6.07, 6.45) is -3.81. The lowest BCUT2D eigenvalue weighted by atomic mass is 9.73. The predicted molar refractivity (Wildman–Crippen MR) is 148 cm³/mol. The molecule has 1 saturated carbocycles. The summed E-state index contributed by atoms with van der Waals surface area (Å²) >= 11 is 0. The standard InChI is InChI=1S/C29H45NO7Si/c1-18(23-20(31)14-29(5,6)15-21(23)32)30-24-26(34)25(33)22(17-36-38(7,8)28(2,3)4)37-27(24)35-16-19-12-10-9-11-13-19/h9-13,22,24-27,30,33-34H,14-17H2,1-8H3/t22-,24-,25-,26-,27+/m1/s1. The minimum absolute atomic E-state index is 0.0323. The van der Waals surface area contributed by atoms with Crippen molar-refractivity contribution < 1.29 is 33.7 Å². The zero-order chi connectivity index (χ0) is 28.5. The maximum atomic E-state index is 12.8. The number of hydrogen-bond donors (Lipinski definition) is 3. The van der Waals surface area contributed by atoms with Gasteiger partial charge in [0.1, 0.15) is 24.4 Å². The van der Waals surface area contributed by atoms with Crippen LogP contribution in [0.3, 0.4) is 0 Å². The maximum absolute atomic E-state index is 12.8. The van der Waals surface area contributed by atoms with Crippen LogP contribution in [0, 0.1) is 5.41 Å². The highest BCUT2D eigenvalue weighted by Crippen LogP contribution is 2.38. The molecule has 1 aromatic carbocycles. The first-order chi connectivity index (χ1) is 17.5. The zero-order valence-electron chi connectivity index (χ0n) is 24.0. The second-order valence-corrected chi connectivity index (χ2v) is 17.7. The fraction of sp³-hybridized carbons (Fsp3) is 0.655. The predicted octanol–water partition coefficient (Wildman–Crippen LogP) is 3.86. The molecule has 1 saturated heterocycles. The Balaban J connectivity index is 1.84. The van der Waals surface area contributed by atoms with Gasteiger partial charge in [-0.15, -0.1) is 0 Å². The van der Waals surface area contributed by atoms with Gasteiger partial charge in [0, 0.05) is 18.5 Å². The lowest BCUT2D eigenvalue weighted by molar-refractivity contribution is -0.272. The number of aliphatic hydroxyl groups is 2. The molecule has 0 spiro atoms. The number of rotatable bonds is 8. The highest BCUT2D eigenvalue weighted by atomic mass is 28.4. The van der Waals surface area contributed by atoms with Gasteiger partial charge < -0.3 is 29.4 Å². The Morgan fingerprint density at radius 3 is 2.21 bits per heavy atom. The molecule has 1 heterocycles. The second-order valence-electron chi connectivity index (χ2n) is 12.9. The van der Waals surface area contributed by atoms with Crippen molar-refractivity contribution in [3.63, 3.8) is 0 Å². The Bertz CT molecular complexity index is 1010. The van der Waals surface area contributed by atoms with Gasteiger partial charge in [-0.25, -0.2) is 0 Å². The maximum Gasteiger partial charge on any atom is 0.192 e. The molecular weight excluding hydrogens is 502 g/mol. The van der Waals surface area contributed by atoms with Crippen LogP contribution in [0.1, 0.15) is 59.9 Å². The van der Waals surface area contributed by atoms with Crippen LogP contribution in [-0.4, -0.2) is 67.3 Å². The van der Waals surface area contributed by atoms with E-state index in [9.17, 15) is 19.8 Å². The number of benzene rings is 1. The van der Waals surface area contributed by atoms with E-state index in [4.69, 9.17) is 13.9 Å². The number of hydrogen-bond acceptors (Lipinski definition) is 8. The van der Waals surface area contributed by atoms with Crippen molar-refractivity contribution >= 4 is 19.9 Å². The van der Waals surface area contributed by atoms with E-state index in [-0.39, 0.29) is 53.6 Å². The lowest BCUT2D eigenvalue weighted by Crippen LogP contribution is -2.64. The summed E-state index contributed by atoms with van der Waals surface area (Å²) in [6.45, 7) is 16.4. The number of carbonyl (C=O) groups is 2. The first-order valence-electron chi connectivity index (χ1n) is 13.4. The van der Waals surface area contributed by atoms with Crippen molar-refractivity contribution in [3.05, 3.63) is 47.2 Å². The van der Waals surface area contributed by atoms with Crippen LogP contribution < -0.4 is 5.32 Å². The van der Waals surface area contributed by atoms with Crippen LogP contribution in [-0.2, 0) is 30.1 Å². The van der Waals surface area contributed by atoms with Crippen molar-refractivity contribution in [1.29, 1.82) is 0 Å². The number of ketones is 2. The van der Waals surface area contributed by atoms with Crippen LogP contribution in [0.15, 0.2) is 41.6 Å². The minimum Gasteiger partial charge on any atom is -0.414 e. The summed E-state index contributed by atoms with van der Waals surface area (Å²) in [5.74, 6) is -0.462. The van der Waals surface area contributed by atoms with E-state index >= 15 is 0 Å². The van der Waals surface area contributed by atoms with Gasteiger partial charge in [-0.1, -0.05) is 65.0 Å². The Kier molecular flexibility index (Phi) is 9.44. The molecule has 0 unspecified atom stereocenters. The van der Waals surface area contributed by atoms with Gasteiger partial charge in [-0.3, -0.25) is 9.59 Å². The molecule has 0 bridgehead atoms. The number of nitrogens with one attached hydrogen (secondary N) is 1. The molecular formula is C29H45NO7Si. The van der Waals surface area contributed by atoms with Gasteiger partial charge in [0.2, 0.25) is 0 Å². The van der Waals surface area contributed by atoms with E-state index < -0.39 is 39.0 Å².